The van der Waals surface area contributed by atoms with Crippen molar-refractivity contribution in [1.29, 1.82) is 0 Å². The molecule has 0 N–H and O–H groups in total. The molecule has 2 heterocycles. The van der Waals surface area contributed by atoms with Crippen molar-refractivity contribution in [3.8, 4) is 27.7 Å². The van der Waals surface area contributed by atoms with Crippen molar-refractivity contribution < 1.29 is 23.4 Å². The zero-order chi connectivity index (χ0) is 23.4. The van der Waals surface area contributed by atoms with Crippen LogP contribution in [0.25, 0.3) is 10.4 Å². The average molecular weight is 471 g/mol. The zero-order valence-electron chi connectivity index (χ0n) is 19.0. The number of carbonyl (C=O) groups is 1. The molecule has 0 saturated carbocycles. The fourth-order valence-electron chi connectivity index (χ4n) is 4.03. The summed E-state index contributed by atoms with van der Waals surface area (Å²) in [5.74, 6) is 1.000. The number of hydrogen-bond donors (Lipinski definition) is 0. The van der Waals surface area contributed by atoms with Gasteiger partial charge in [-0.25, -0.2) is 4.39 Å². The van der Waals surface area contributed by atoms with Crippen molar-refractivity contribution in [2.75, 3.05) is 47.5 Å². The maximum atomic E-state index is 13.5. The molecule has 0 radical (unpaired) electrons. The van der Waals surface area contributed by atoms with Crippen LogP contribution in [0.4, 0.5) is 4.39 Å². The first-order valence-corrected chi connectivity index (χ1v) is 11.5. The minimum Gasteiger partial charge on any atom is -0.493 e. The molecular formula is C25H27FN2O4S. The number of ether oxygens (including phenoxy) is 3. The number of nitrogens with zero attached hydrogens (tertiary/aromatic N) is 2. The lowest BCUT2D eigenvalue weighted by molar-refractivity contribution is 0.0625. The lowest BCUT2D eigenvalue weighted by Crippen LogP contribution is -2.48. The van der Waals surface area contributed by atoms with Gasteiger partial charge in [-0.05, 0) is 42.0 Å². The van der Waals surface area contributed by atoms with Crippen LogP contribution in [0, 0.1) is 5.82 Å². The Hall–Kier alpha value is -3.10. The fourth-order valence-corrected chi connectivity index (χ4v) is 5.08. The first-order valence-electron chi connectivity index (χ1n) is 10.7. The lowest BCUT2D eigenvalue weighted by Gasteiger charge is -2.34. The van der Waals surface area contributed by atoms with Gasteiger partial charge in [0.1, 0.15) is 5.82 Å². The van der Waals surface area contributed by atoms with E-state index in [1.54, 1.807) is 42.7 Å². The van der Waals surface area contributed by atoms with Gasteiger partial charge in [0.15, 0.2) is 11.5 Å². The molecule has 2 aromatic carbocycles. The van der Waals surface area contributed by atoms with Crippen molar-refractivity contribution in [2.24, 2.45) is 0 Å². The number of amides is 1. The highest BCUT2D eigenvalue weighted by molar-refractivity contribution is 7.15. The number of halogens is 1. The van der Waals surface area contributed by atoms with Crippen molar-refractivity contribution >= 4 is 17.2 Å². The number of hydrogen-bond acceptors (Lipinski definition) is 6. The van der Waals surface area contributed by atoms with Gasteiger partial charge < -0.3 is 19.1 Å². The first kappa shape index (κ1) is 23.1. The highest BCUT2D eigenvalue weighted by atomic mass is 32.1. The summed E-state index contributed by atoms with van der Waals surface area (Å²) >= 11 is 1.67. The molecule has 33 heavy (non-hydrogen) atoms. The molecule has 1 aliphatic heterocycles. The van der Waals surface area contributed by atoms with Crippen LogP contribution in [0.2, 0.25) is 0 Å². The maximum Gasteiger partial charge on any atom is 0.257 e. The first-order chi connectivity index (χ1) is 16.0. The fraction of sp³-hybridized carbons (Fsp3) is 0.320. The summed E-state index contributed by atoms with van der Waals surface area (Å²) in [6.45, 7) is 3.60. The van der Waals surface area contributed by atoms with Crippen LogP contribution in [-0.4, -0.2) is 63.2 Å². The second kappa shape index (κ2) is 10.2. The number of methoxy groups -OCH3 is 3. The SMILES string of the molecule is COc1ccc(C(=O)N2CCN(Cc3ccc(-c4cccc(F)c4)s3)CC2)c(OC)c1OC. The summed E-state index contributed by atoms with van der Waals surface area (Å²) in [6.07, 6.45) is 0. The maximum absolute atomic E-state index is 13.5. The molecule has 6 nitrogen and oxygen atoms in total. The summed E-state index contributed by atoms with van der Waals surface area (Å²) in [7, 11) is 4.59. The third-order valence-corrected chi connectivity index (χ3v) is 6.86. The van der Waals surface area contributed by atoms with Crippen LogP contribution in [-0.2, 0) is 6.54 Å². The second-order valence-electron chi connectivity index (χ2n) is 7.73. The molecule has 3 aromatic rings. The van der Waals surface area contributed by atoms with Crippen LogP contribution in [0.5, 0.6) is 17.2 Å². The number of carbonyl (C=O) groups excluding carboxylic acids is 1. The Morgan fingerprint density at radius 2 is 1.70 bits per heavy atom. The largest absolute Gasteiger partial charge is 0.493 e. The predicted octanol–water partition coefficient (Wildman–Crippen LogP) is 4.54. The number of piperazine rings is 1. The molecule has 1 amide bonds. The van der Waals surface area contributed by atoms with Crippen molar-refractivity contribution in [3.63, 3.8) is 0 Å². The number of rotatable bonds is 7. The molecule has 1 aromatic heterocycles. The van der Waals surface area contributed by atoms with Gasteiger partial charge >= 0.3 is 0 Å². The van der Waals surface area contributed by atoms with Crippen LogP contribution >= 0.6 is 11.3 Å². The third-order valence-electron chi connectivity index (χ3n) is 5.74. The molecular weight excluding hydrogens is 443 g/mol. The highest BCUT2D eigenvalue weighted by Gasteiger charge is 2.27. The van der Waals surface area contributed by atoms with E-state index in [1.165, 1.54) is 25.2 Å². The van der Waals surface area contributed by atoms with Gasteiger partial charge in [-0.15, -0.1) is 11.3 Å². The highest BCUT2D eigenvalue weighted by Crippen LogP contribution is 2.40. The Labute approximate surface area is 197 Å². The quantitative estimate of drug-likeness (QED) is 0.508. The molecule has 4 rings (SSSR count). The monoisotopic (exact) mass is 470 g/mol. The molecule has 1 fully saturated rings. The molecule has 0 unspecified atom stereocenters. The Morgan fingerprint density at radius 3 is 2.36 bits per heavy atom. The summed E-state index contributed by atoms with van der Waals surface area (Å²) in [5, 5.41) is 0. The minimum absolute atomic E-state index is 0.0861. The topological polar surface area (TPSA) is 51.2 Å². The van der Waals surface area contributed by atoms with Gasteiger partial charge in [-0.3, -0.25) is 9.69 Å². The van der Waals surface area contributed by atoms with E-state index in [4.69, 9.17) is 14.2 Å². The lowest BCUT2D eigenvalue weighted by atomic mass is 10.1. The molecule has 0 bridgehead atoms. The van der Waals surface area contributed by atoms with Crippen molar-refractivity contribution in [2.45, 2.75) is 6.54 Å². The molecule has 0 spiro atoms. The molecule has 174 valence electrons. The number of thiophene rings is 1. The summed E-state index contributed by atoms with van der Waals surface area (Å²) in [6, 6.07) is 14.2. The van der Waals surface area contributed by atoms with Crippen LogP contribution < -0.4 is 14.2 Å². The Kier molecular flexibility index (Phi) is 7.15. The molecule has 1 aliphatic rings. The van der Waals surface area contributed by atoms with E-state index in [1.807, 2.05) is 17.0 Å². The van der Waals surface area contributed by atoms with Gasteiger partial charge in [0.05, 0.1) is 26.9 Å². The predicted molar refractivity (Wildman–Crippen MR) is 127 cm³/mol. The third kappa shape index (κ3) is 4.96. The average Bonchev–Trinajstić information content (AvgIpc) is 3.31. The van der Waals surface area contributed by atoms with Crippen molar-refractivity contribution in [1.82, 2.24) is 9.80 Å². The molecule has 0 aliphatic carbocycles. The summed E-state index contributed by atoms with van der Waals surface area (Å²) in [4.78, 5) is 19.6. The standard InChI is InChI=1S/C25H27FN2O4S/c1-30-21-9-8-20(23(31-2)24(21)32-3)25(29)28-13-11-27(12-14-28)16-19-7-10-22(33-19)17-5-4-6-18(26)15-17/h4-10,15H,11-14,16H2,1-3H3. The normalized spacial score (nSPS) is 14.2. The Balaban J connectivity index is 1.39. The van der Waals surface area contributed by atoms with Crippen LogP contribution in [0.1, 0.15) is 15.2 Å². The van der Waals surface area contributed by atoms with Gasteiger partial charge in [-0.1, -0.05) is 12.1 Å². The minimum atomic E-state index is -0.227. The van der Waals surface area contributed by atoms with E-state index >= 15 is 0 Å². The smallest absolute Gasteiger partial charge is 0.257 e. The molecule has 0 atom stereocenters. The number of benzene rings is 2. The van der Waals surface area contributed by atoms with Crippen LogP contribution in [0.15, 0.2) is 48.5 Å². The van der Waals surface area contributed by atoms with Gasteiger partial charge in [0.25, 0.3) is 5.91 Å². The van der Waals surface area contributed by atoms with Gasteiger partial charge in [0, 0.05) is 42.5 Å². The van der Waals surface area contributed by atoms with E-state index in [9.17, 15) is 9.18 Å². The zero-order valence-corrected chi connectivity index (χ0v) is 19.8. The van der Waals surface area contributed by atoms with E-state index in [0.29, 0.717) is 35.9 Å². The van der Waals surface area contributed by atoms with Gasteiger partial charge in [0.2, 0.25) is 5.75 Å². The van der Waals surface area contributed by atoms with Gasteiger partial charge in [-0.2, -0.15) is 0 Å². The van der Waals surface area contributed by atoms with E-state index in [-0.39, 0.29) is 11.7 Å². The van der Waals surface area contributed by atoms with E-state index in [2.05, 4.69) is 11.0 Å². The molecule has 8 heteroatoms. The van der Waals surface area contributed by atoms with E-state index in [0.717, 1.165) is 30.1 Å². The molecule has 1 saturated heterocycles. The summed E-state index contributed by atoms with van der Waals surface area (Å²) < 4.78 is 29.7. The van der Waals surface area contributed by atoms with E-state index < -0.39 is 0 Å². The van der Waals surface area contributed by atoms with Crippen molar-refractivity contribution in [3.05, 3.63) is 64.8 Å². The summed E-state index contributed by atoms with van der Waals surface area (Å²) in [5.41, 5.74) is 1.35. The Morgan fingerprint density at radius 1 is 0.939 bits per heavy atom. The van der Waals surface area contributed by atoms with Crippen LogP contribution in [0.3, 0.4) is 0 Å². The Bertz CT molecular complexity index is 1130. The second-order valence-corrected chi connectivity index (χ2v) is 8.89.